The number of nitrogens with zero attached hydrogens (tertiary/aromatic N) is 4. The van der Waals surface area contributed by atoms with Crippen molar-refractivity contribution in [1.82, 2.24) is 25.1 Å². The lowest BCUT2D eigenvalue weighted by atomic mass is 9.95. The summed E-state index contributed by atoms with van der Waals surface area (Å²) in [5.41, 5.74) is 0.779. The molecule has 1 unspecified atom stereocenters. The number of fused-ring (bicyclic) bond motifs is 1. The summed E-state index contributed by atoms with van der Waals surface area (Å²) in [5.74, 6) is -0.0563. The lowest BCUT2D eigenvalue weighted by Gasteiger charge is -2.54. The molecule has 1 aromatic carbocycles. The van der Waals surface area contributed by atoms with Crippen molar-refractivity contribution >= 4 is 17.8 Å². The first kappa shape index (κ1) is 28.9. The third-order valence-corrected chi connectivity index (χ3v) is 7.61. The molecule has 8 nitrogen and oxygen atoms in total. The van der Waals surface area contributed by atoms with Gasteiger partial charge in [-0.2, -0.15) is 0 Å². The monoisotopic (exact) mass is 517 g/mol. The van der Waals surface area contributed by atoms with Crippen molar-refractivity contribution in [2.45, 2.75) is 90.9 Å². The molecule has 2 saturated heterocycles. The highest BCUT2D eigenvalue weighted by Crippen LogP contribution is 2.29. The van der Waals surface area contributed by atoms with Crippen LogP contribution in [0.2, 0.25) is 0 Å². The normalized spacial score (nSPS) is 21.3. The van der Waals surface area contributed by atoms with Crippen LogP contribution in [0.5, 0.6) is 0 Å². The van der Waals surface area contributed by atoms with Gasteiger partial charge in [0.1, 0.15) is 18.0 Å². The number of piperazine rings is 1. The number of hydrogen-bond acceptors (Lipinski definition) is 4. The summed E-state index contributed by atoms with van der Waals surface area (Å²) in [6.45, 7) is 7.64. The van der Waals surface area contributed by atoms with Gasteiger partial charge in [0.15, 0.2) is 0 Å². The minimum absolute atomic E-state index is 0.00298. The van der Waals surface area contributed by atoms with Crippen LogP contribution >= 0.6 is 0 Å². The van der Waals surface area contributed by atoms with Crippen LogP contribution in [0, 0.1) is 11.7 Å². The van der Waals surface area contributed by atoms with Gasteiger partial charge in [0, 0.05) is 20.1 Å². The van der Waals surface area contributed by atoms with Crippen molar-refractivity contribution < 1.29 is 18.8 Å². The van der Waals surface area contributed by atoms with E-state index in [-0.39, 0.29) is 36.8 Å². The predicted molar refractivity (Wildman–Crippen MR) is 142 cm³/mol. The fourth-order valence-electron chi connectivity index (χ4n) is 5.42. The highest BCUT2D eigenvalue weighted by Gasteiger charge is 2.50. The number of carbonyl (C=O) groups is 3. The smallest absolute Gasteiger partial charge is 0.334 e. The number of benzene rings is 1. The lowest BCUT2D eigenvalue weighted by Crippen LogP contribution is -2.76. The Morgan fingerprint density at radius 2 is 1.78 bits per heavy atom. The van der Waals surface area contributed by atoms with Gasteiger partial charge in [-0.05, 0) is 36.5 Å². The maximum Gasteiger partial charge on any atom is 0.334 e. The molecule has 0 aromatic heterocycles. The molecule has 206 valence electrons. The van der Waals surface area contributed by atoms with E-state index in [9.17, 15) is 18.8 Å². The van der Waals surface area contributed by atoms with E-state index in [1.807, 2.05) is 4.90 Å². The molecule has 3 atom stereocenters. The molecular formula is C28H44FN5O3. The van der Waals surface area contributed by atoms with E-state index in [2.05, 4.69) is 26.1 Å². The minimum atomic E-state index is -0.563. The van der Waals surface area contributed by atoms with Gasteiger partial charge in [0.2, 0.25) is 11.8 Å². The molecule has 0 radical (unpaired) electrons. The van der Waals surface area contributed by atoms with Gasteiger partial charge in [0.25, 0.3) is 0 Å². The van der Waals surface area contributed by atoms with Crippen LogP contribution in [-0.4, -0.2) is 76.6 Å². The van der Waals surface area contributed by atoms with Crippen LogP contribution in [0.25, 0.3) is 0 Å². The topological polar surface area (TPSA) is 76.2 Å². The zero-order valence-corrected chi connectivity index (χ0v) is 22.9. The fourth-order valence-corrected chi connectivity index (χ4v) is 5.42. The van der Waals surface area contributed by atoms with Gasteiger partial charge in [-0.3, -0.25) is 9.59 Å². The second kappa shape index (κ2) is 13.7. The lowest BCUT2D eigenvalue weighted by molar-refractivity contribution is -0.188. The molecule has 2 fully saturated rings. The Kier molecular flexibility index (Phi) is 10.7. The van der Waals surface area contributed by atoms with Crippen LogP contribution in [-0.2, 0) is 16.1 Å². The molecule has 2 aliphatic rings. The zero-order chi connectivity index (χ0) is 26.9. The van der Waals surface area contributed by atoms with E-state index < -0.39 is 12.2 Å². The highest BCUT2D eigenvalue weighted by molar-refractivity contribution is 5.91. The number of nitrogens with one attached hydrogen (secondary N) is 1. The number of carbonyl (C=O) groups excluding carboxylic acids is 3. The zero-order valence-electron chi connectivity index (χ0n) is 22.9. The van der Waals surface area contributed by atoms with E-state index >= 15 is 0 Å². The first-order valence-corrected chi connectivity index (χ1v) is 13.9. The number of likely N-dealkylation sites (N-methyl/N-ethyl adjacent to an activating group) is 1. The molecule has 9 heteroatoms. The summed E-state index contributed by atoms with van der Waals surface area (Å²) in [7, 11) is 1.73. The minimum Gasteiger partial charge on any atom is -0.337 e. The number of amides is 4. The largest absolute Gasteiger partial charge is 0.337 e. The molecule has 1 aromatic rings. The van der Waals surface area contributed by atoms with Crippen LogP contribution in [0.15, 0.2) is 24.3 Å². The molecule has 0 saturated carbocycles. The Labute approximate surface area is 221 Å². The van der Waals surface area contributed by atoms with E-state index in [1.165, 1.54) is 18.6 Å². The Hall–Kier alpha value is -2.68. The molecule has 4 amide bonds. The molecule has 0 spiro atoms. The first-order chi connectivity index (χ1) is 17.8. The van der Waals surface area contributed by atoms with Crippen LogP contribution < -0.4 is 5.32 Å². The number of hydrazine groups is 1. The maximum absolute atomic E-state index is 13.7. The summed E-state index contributed by atoms with van der Waals surface area (Å²) in [5, 5.41) is 6.15. The maximum atomic E-state index is 13.7. The molecule has 37 heavy (non-hydrogen) atoms. The number of hydrogen-bond donors (Lipinski definition) is 1. The van der Waals surface area contributed by atoms with Crippen LogP contribution in [0.4, 0.5) is 9.18 Å². The van der Waals surface area contributed by atoms with E-state index in [0.29, 0.717) is 25.4 Å². The van der Waals surface area contributed by atoms with Crippen molar-refractivity contribution in [2.75, 3.05) is 26.7 Å². The predicted octanol–water partition coefficient (Wildman–Crippen LogP) is 4.36. The van der Waals surface area contributed by atoms with E-state index in [0.717, 1.165) is 44.1 Å². The Bertz CT molecular complexity index is 912. The van der Waals surface area contributed by atoms with Crippen molar-refractivity contribution in [3.63, 3.8) is 0 Å². The molecule has 3 rings (SSSR count). The van der Waals surface area contributed by atoms with E-state index in [4.69, 9.17) is 0 Å². The molecular weight excluding hydrogens is 473 g/mol. The average Bonchev–Trinajstić information content (AvgIpc) is 2.87. The first-order valence-electron chi connectivity index (χ1n) is 13.9. The molecule has 0 aliphatic carbocycles. The Balaban J connectivity index is 1.82. The summed E-state index contributed by atoms with van der Waals surface area (Å²) < 4.78 is 13.3. The quantitative estimate of drug-likeness (QED) is 0.418. The molecule has 2 aliphatic heterocycles. The van der Waals surface area contributed by atoms with Crippen molar-refractivity contribution in [2.24, 2.45) is 5.92 Å². The number of urea groups is 1. The Morgan fingerprint density at radius 1 is 1.08 bits per heavy atom. The highest BCUT2D eigenvalue weighted by atomic mass is 19.1. The summed E-state index contributed by atoms with van der Waals surface area (Å²) >= 11 is 0. The van der Waals surface area contributed by atoms with Crippen LogP contribution in [0.3, 0.4) is 0 Å². The summed E-state index contributed by atoms with van der Waals surface area (Å²) in [6, 6.07) is 5.10. The molecule has 2 heterocycles. The number of halogens is 1. The van der Waals surface area contributed by atoms with Crippen LogP contribution in [0.1, 0.15) is 77.7 Å². The summed E-state index contributed by atoms with van der Waals surface area (Å²) in [4.78, 5) is 43.9. The molecule has 0 bridgehead atoms. The van der Waals surface area contributed by atoms with Gasteiger partial charge in [-0.25, -0.2) is 19.2 Å². The Morgan fingerprint density at radius 3 is 2.43 bits per heavy atom. The second-order valence-electron chi connectivity index (χ2n) is 10.4. The summed E-state index contributed by atoms with van der Waals surface area (Å²) in [6.07, 6.45) is 7.33. The number of unbranched alkanes of at least 4 members (excludes halogenated alkanes) is 3. The van der Waals surface area contributed by atoms with Crippen molar-refractivity contribution in [3.8, 4) is 0 Å². The fraction of sp³-hybridized carbons (Fsp3) is 0.679. The van der Waals surface area contributed by atoms with Gasteiger partial charge in [0.05, 0.1) is 13.1 Å². The van der Waals surface area contributed by atoms with Crippen molar-refractivity contribution in [1.29, 1.82) is 0 Å². The average molecular weight is 518 g/mol. The third kappa shape index (κ3) is 7.21. The van der Waals surface area contributed by atoms with E-state index in [1.54, 1.807) is 34.1 Å². The SMILES string of the molecule is CCCCCC(CC)CN1C[C@H]2N(C(=O)CN(C)N2C(=O)NCc2ccc(F)cc2)[C@@H](CCCC)C1=O. The van der Waals surface area contributed by atoms with Gasteiger partial charge in [-0.15, -0.1) is 0 Å². The van der Waals surface area contributed by atoms with Gasteiger partial charge < -0.3 is 15.1 Å². The number of rotatable bonds is 12. The standard InChI is InChI=1S/C28H44FN5O3/c1-5-8-10-11-21(7-3)18-32-19-25-33(24(27(32)36)12-9-6-2)26(35)20-31(4)34(25)28(37)30-17-22-13-15-23(29)16-14-22/h13-16,21,24-25H,5-12,17-20H2,1-4H3,(H,30,37)/t21?,24-,25-/m0/s1. The van der Waals surface area contributed by atoms with Gasteiger partial charge >= 0.3 is 6.03 Å². The van der Waals surface area contributed by atoms with Gasteiger partial charge in [-0.1, -0.05) is 71.4 Å². The van der Waals surface area contributed by atoms with Crippen molar-refractivity contribution in [3.05, 3.63) is 35.6 Å². The second-order valence-corrected chi connectivity index (χ2v) is 10.4. The third-order valence-electron chi connectivity index (χ3n) is 7.61. The molecule has 1 N–H and O–H groups in total.